The lowest BCUT2D eigenvalue weighted by atomic mass is 10.0. The minimum absolute atomic E-state index is 0.0197. The van der Waals surface area contributed by atoms with E-state index in [9.17, 15) is 13.2 Å². The first-order valence-corrected chi connectivity index (χ1v) is 12.2. The zero-order chi connectivity index (χ0) is 20.4. The van der Waals surface area contributed by atoms with Crippen LogP contribution in [0, 0.1) is 0 Å². The Balaban J connectivity index is 1.36. The molecule has 158 valence electrons. The predicted octanol–water partition coefficient (Wildman–Crippen LogP) is 0.564. The van der Waals surface area contributed by atoms with E-state index < -0.39 is 10.0 Å². The fourth-order valence-electron chi connectivity index (χ4n) is 4.86. The van der Waals surface area contributed by atoms with Crippen molar-refractivity contribution in [2.75, 3.05) is 26.2 Å². The van der Waals surface area contributed by atoms with Gasteiger partial charge in [-0.1, -0.05) is 12.1 Å². The van der Waals surface area contributed by atoms with Crippen LogP contribution in [-0.4, -0.2) is 63.3 Å². The molecule has 1 aromatic carbocycles. The van der Waals surface area contributed by atoms with Crippen molar-refractivity contribution < 1.29 is 18.1 Å². The van der Waals surface area contributed by atoms with Crippen LogP contribution in [0.5, 0.6) is 0 Å². The van der Waals surface area contributed by atoms with Gasteiger partial charge in [0, 0.05) is 25.1 Å². The summed E-state index contributed by atoms with van der Waals surface area (Å²) in [6.07, 6.45) is 6.48. The fourth-order valence-corrected chi connectivity index (χ4v) is 6.07. The predicted molar refractivity (Wildman–Crippen MR) is 112 cm³/mol. The normalized spacial score (nSPS) is 28.1. The van der Waals surface area contributed by atoms with Gasteiger partial charge in [0.05, 0.1) is 19.1 Å². The van der Waals surface area contributed by atoms with Crippen LogP contribution in [-0.2, 0) is 14.8 Å². The summed E-state index contributed by atoms with van der Waals surface area (Å²) in [5.74, 6) is 0.401. The summed E-state index contributed by atoms with van der Waals surface area (Å²) in [7, 11) is -3.67. The first-order valence-electron chi connectivity index (χ1n) is 10.8. The maximum Gasteiger partial charge on any atom is 0.285 e. The van der Waals surface area contributed by atoms with Gasteiger partial charge in [0.2, 0.25) is 5.91 Å². The molecular weight excluding hydrogens is 388 g/mol. The SMILES string of the molecule is C[C@@H]1CCCC[NH+]1CCCNC(=O)[C@@H]1CCCN1C1=NS(=O)(=O)c2ccccc21. The van der Waals surface area contributed by atoms with Crippen molar-refractivity contribution in [1.29, 1.82) is 0 Å². The topological polar surface area (TPSA) is 83.3 Å². The molecule has 0 aromatic heterocycles. The van der Waals surface area contributed by atoms with Crippen molar-refractivity contribution in [2.24, 2.45) is 4.40 Å². The molecule has 3 heterocycles. The average Bonchev–Trinajstić information content (AvgIpc) is 3.29. The van der Waals surface area contributed by atoms with Gasteiger partial charge in [0.1, 0.15) is 10.9 Å². The zero-order valence-corrected chi connectivity index (χ0v) is 17.9. The number of quaternary nitrogens is 1. The van der Waals surface area contributed by atoms with E-state index >= 15 is 0 Å². The van der Waals surface area contributed by atoms with Crippen molar-refractivity contribution in [3.8, 4) is 0 Å². The number of likely N-dealkylation sites (tertiary alicyclic amines) is 2. The van der Waals surface area contributed by atoms with Crippen LogP contribution >= 0.6 is 0 Å². The minimum atomic E-state index is -3.67. The molecule has 0 radical (unpaired) electrons. The molecule has 1 amide bonds. The maximum atomic E-state index is 12.8. The molecule has 1 unspecified atom stereocenters. The molecule has 1 aromatic rings. The second-order valence-electron chi connectivity index (χ2n) is 8.44. The molecule has 3 aliphatic rings. The summed E-state index contributed by atoms with van der Waals surface area (Å²) >= 11 is 0. The Hall–Kier alpha value is -1.93. The molecule has 2 N–H and O–H groups in total. The van der Waals surface area contributed by atoms with Gasteiger partial charge in [0.25, 0.3) is 10.0 Å². The van der Waals surface area contributed by atoms with E-state index in [-0.39, 0.29) is 16.8 Å². The molecule has 4 rings (SSSR count). The lowest BCUT2D eigenvalue weighted by molar-refractivity contribution is -0.928. The zero-order valence-electron chi connectivity index (χ0n) is 17.1. The highest BCUT2D eigenvalue weighted by Crippen LogP contribution is 2.31. The summed E-state index contributed by atoms with van der Waals surface area (Å²) in [6, 6.07) is 7.23. The molecular formula is C21H31N4O3S+. The number of nitrogens with zero attached hydrogens (tertiary/aromatic N) is 2. The Kier molecular flexibility index (Phi) is 5.92. The van der Waals surface area contributed by atoms with Crippen molar-refractivity contribution in [3.63, 3.8) is 0 Å². The van der Waals surface area contributed by atoms with Gasteiger partial charge >= 0.3 is 0 Å². The smallest absolute Gasteiger partial charge is 0.285 e. The number of nitrogens with one attached hydrogen (secondary N) is 2. The van der Waals surface area contributed by atoms with E-state index in [2.05, 4.69) is 16.6 Å². The summed E-state index contributed by atoms with van der Waals surface area (Å²) in [5.41, 5.74) is 0.606. The quantitative estimate of drug-likeness (QED) is 0.684. The van der Waals surface area contributed by atoms with Crippen LogP contribution in [0.3, 0.4) is 0 Å². The molecule has 3 aliphatic heterocycles. The number of benzene rings is 1. The second kappa shape index (κ2) is 8.44. The molecule has 0 saturated carbocycles. The Morgan fingerprint density at radius 1 is 1.24 bits per heavy atom. The maximum absolute atomic E-state index is 12.8. The highest BCUT2D eigenvalue weighted by atomic mass is 32.2. The summed E-state index contributed by atoms with van der Waals surface area (Å²) in [5, 5.41) is 3.08. The van der Waals surface area contributed by atoms with Gasteiger partial charge in [-0.2, -0.15) is 8.42 Å². The molecule has 7 nitrogen and oxygen atoms in total. The molecule has 0 bridgehead atoms. The van der Waals surface area contributed by atoms with Crippen LogP contribution < -0.4 is 10.2 Å². The monoisotopic (exact) mass is 419 g/mol. The van der Waals surface area contributed by atoms with E-state index in [0.29, 0.717) is 30.5 Å². The first kappa shape index (κ1) is 20.3. The standard InChI is InChI=1S/C21H30N4O3S/c1-16-8-4-5-13-24(16)14-7-12-22-21(26)18-10-6-15-25(18)20-17-9-2-3-11-19(17)29(27,28)23-20/h2-3,9,11,16,18H,4-8,10,12-15H2,1H3,(H,22,26)/p+1/t16-,18+/m1/s1. The first-order chi connectivity index (χ1) is 14.0. The molecule has 2 fully saturated rings. The molecule has 0 aliphatic carbocycles. The Bertz CT molecular complexity index is 899. The number of hydrogen-bond donors (Lipinski definition) is 2. The van der Waals surface area contributed by atoms with Gasteiger partial charge in [-0.3, -0.25) is 4.79 Å². The van der Waals surface area contributed by atoms with Crippen LogP contribution in [0.15, 0.2) is 33.6 Å². The largest absolute Gasteiger partial charge is 0.354 e. The van der Waals surface area contributed by atoms with Crippen molar-refractivity contribution >= 4 is 21.8 Å². The number of fused-ring (bicyclic) bond motifs is 1. The Labute approximate surface area is 173 Å². The Morgan fingerprint density at radius 2 is 2.07 bits per heavy atom. The Morgan fingerprint density at radius 3 is 2.90 bits per heavy atom. The third kappa shape index (κ3) is 4.19. The van der Waals surface area contributed by atoms with Crippen LogP contribution in [0.25, 0.3) is 0 Å². The second-order valence-corrected chi connectivity index (χ2v) is 10.0. The van der Waals surface area contributed by atoms with Crippen LogP contribution in [0.4, 0.5) is 0 Å². The molecule has 2 saturated heterocycles. The van der Waals surface area contributed by atoms with E-state index in [1.54, 1.807) is 23.1 Å². The van der Waals surface area contributed by atoms with Crippen LogP contribution in [0.1, 0.15) is 51.0 Å². The molecule has 8 heteroatoms. The third-order valence-electron chi connectivity index (χ3n) is 6.50. The number of amidine groups is 1. The minimum Gasteiger partial charge on any atom is -0.354 e. The van der Waals surface area contributed by atoms with Gasteiger partial charge in [-0.25, -0.2) is 0 Å². The molecule has 3 atom stereocenters. The lowest BCUT2D eigenvalue weighted by Gasteiger charge is -2.30. The van der Waals surface area contributed by atoms with Crippen molar-refractivity contribution in [2.45, 2.75) is 62.4 Å². The number of carbonyl (C=O) groups excluding carboxylic acids is 1. The number of piperidine rings is 1. The summed E-state index contributed by atoms with van der Waals surface area (Å²) < 4.78 is 28.7. The number of sulfonamides is 1. The highest BCUT2D eigenvalue weighted by Gasteiger charge is 2.39. The number of rotatable bonds is 5. The summed E-state index contributed by atoms with van der Waals surface area (Å²) in [6.45, 7) is 5.96. The fraction of sp³-hybridized carbons (Fsp3) is 0.619. The number of hydrogen-bond acceptors (Lipinski definition) is 4. The van der Waals surface area contributed by atoms with E-state index in [0.717, 1.165) is 25.8 Å². The van der Waals surface area contributed by atoms with E-state index in [4.69, 9.17) is 0 Å². The molecule has 0 spiro atoms. The third-order valence-corrected chi connectivity index (χ3v) is 7.82. The number of carbonyl (C=O) groups is 1. The number of amides is 1. The van der Waals surface area contributed by atoms with E-state index in [1.807, 2.05) is 11.0 Å². The van der Waals surface area contributed by atoms with Crippen molar-refractivity contribution in [1.82, 2.24) is 10.2 Å². The van der Waals surface area contributed by atoms with Gasteiger partial charge in [-0.05, 0) is 51.2 Å². The average molecular weight is 420 g/mol. The highest BCUT2D eigenvalue weighted by molar-refractivity contribution is 7.90. The van der Waals surface area contributed by atoms with Crippen molar-refractivity contribution in [3.05, 3.63) is 29.8 Å². The van der Waals surface area contributed by atoms with E-state index in [1.165, 1.54) is 25.8 Å². The van der Waals surface area contributed by atoms with Gasteiger partial charge < -0.3 is 15.1 Å². The van der Waals surface area contributed by atoms with Gasteiger partial charge in [-0.15, -0.1) is 4.40 Å². The van der Waals surface area contributed by atoms with Crippen LogP contribution in [0.2, 0.25) is 0 Å². The summed E-state index contributed by atoms with van der Waals surface area (Å²) in [4.78, 5) is 16.6. The molecule has 29 heavy (non-hydrogen) atoms. The lowest BCUT2D eigenvalue weighted by Crippen LogP contribution is -3.16. The van der Waals surface area contributed by atoms with Gasteiger partial charge in [0.15, 0.2) is 5.84 Å².